The van der Waals surface area contributed by atoms with Crippen LogP contribution in [0.15, 0.2) is 0 Å². The molecular formula is C15H29N3O. The molecule has 2 unspecified atom stereocenters. The molecule has 0 radical (unpaired) electrons. The molecule has 1 amide bonds. The predicted octanol–water partition coefficient (Wildman–Crippen LogP) is 1.17. The average Bonchev–Trinajstić information content (AvgIpc) is 3.03. The highest BCUT2D eigenvalue weighted by molar-refractivity contribution is 5.83. The van der Waals surface area contributed by atoms with Crippen molar-refractivity contribution < 1.29 is 4.79 Å². The molecule has 2 rings (SSSR count). The van der Waals surface area contributed by atoms with Gasteiger partial charge in [0, 0.05) is 25.0 Å². The molecule has 4 nitrogen and oxygen atoms in total. The Bertz CT molecular complexity index is 323. The maximum atomic E-state index is 12.7. The second-order valence-corrected chi connectivity index (χ2v) is 6.60. The summed E-state index contributed by atoms with van der Waals surface area (Å²) < 4.78 is 0. The first-order valence-corrected chi connectivity index (χ1v) is 7.66. The van der Waals surface area contributed by atoms with Crippen molar-refractivity contribution in [1.82, 2.24) is 15.1 Å². The Morgan fingerprint density at radius 1 is 1.37 bits per heavy atom. The third kappa shape index (κ3) is 3.11. The van der Waals surface area contributed by atoms with Gasteiger partial charge in [0.2, 0.25) is 5.91 Å². The van der Waals surface area contributed by atoms with E-state index in [0.29, 0.717) is 23.3 Å². The average molecular weight is 267 g/mol. The van der Waals surface area contributed by atoms with Gasteiger partial charge in [0.25, 0.3) is 0 Å². The van der Waals surface area contributed by atoms with Crippen LogP contribution in [0.1, 0.15) is 33.1 Å². The normalized spacial score (nSPS) is 26.5. The Morgan fingerprint density at radius 2 is 2.00 bits per heavy atom. The standard InChI is InChI=1S/C15H29N3O/c1-5-18(12(2)11-17(3)4)14(19)13-10-15(13)6-8-16-9-7-15/h12-13,16H,5-11H2,1-4H3. The van der Waals surface area contributed by atoms with E-state index in [1.165, 1.54) is 12.8 Å². The van der Waals surface area contributed by atoms with Crippen molar-refractivity contribution in [2.45, 2.75) is 39.2 Å². The number of nitrogens with one attached hydrogen (secondary N) is 1. The van der Waals surface area contributed by atoms with Gasteiger partial charge >= 0.3 is 0 Å². The number of rotatable bonds is 5. The van der Waals surface area contributed by atoms with Gasteiger partial charge in [-0.05, 0) is 65.7 Å². The van der Waals surface area contributed by atoms with E-state index in [1.807, 2.05) is 0 Å². The van der Waals surface area contributed by atoms with Gasteiger partial charge in [0.1, 0.15) is 0 Å². The van der Waals surface area contributed by atoms with Gasteiger partial charge in [-0.3, -0.25) is 4.79 Å². The largest absolute Gasteiger partial charge is 0.339 e. The van der Waals surface area contributed by atoms with Crippen molar-refractivity contribution in [1.29, 1.82) is 0 Å². The van der Waals surface area contributed by atoms with Gasteiger partial charge in [-0.2, -0.15) is 0 Å². The lowest BCUT2D eigenvalue weighted by Gasteiger charge is -2.32. The fourth-order valence-corrected chi connectivity index (χ4v) is 3.69. The van der Waals surface area contributed by atoms with Crippen LogP contribution in [0.2, 0.25) is 0 Å². The topological polar surface area (TPSA) is 35.6 Å². The van der Waals surface area contributed by atoms with E-state index in [-0.39, 0.29) is 0 Å². The van der Waals surface area contributed by atoms with Crippen LogP contribution in [-0.2, 0) is 4.79 Å². The summed E-state index contributed by atoms with van der Waals surface area (Å²) >= 11 is 0. The maximum absolute atomic E-state index is 12.7. The molecule has 1 saturated carbocycles. The third-order valence-corrected chi connectivity index (χ3v) is 4.87. The molecule has 0 aromatic rings. The highest BCUT2D eigenvalue weighted by Crippen LogP contribution is 2.59. The van der Waals surface area contributed by atoms with E-state index < -0.39 is 0 Å². The van der Waals surface area contributed by atoms with E-state index in [2.05, 4.69) is 43.1 Å². The predicted molar refractivity (Wildman–Crippen MR) is 78.0 cm³/mol. The van der Waals surface area contributed by atoms with Crippen molar-refractivity contribution in [2.24, 2.45) is 11.3 Å². The van der Waals surface area contributed by atoms with Gasteiger partial charge in [0.15, 0.2) is 0 Å². The Morgan fingerprint density at radius 3 is 2.53 bits per heavy atom. The molecule has 1 saturated heterocycles. The molecular weight excluding hydrogens is 238 g/mol. The molecule has 1 aliphatic heterocycles. The summed E-state index contributed by atoms with van der Waals surface area (Å²) in [6.07, 6.45) is 3.49. The van der Waals surface area contributed by atoms with E-state index >= 15 is 0 Å². The van der Waals surface area contributed by atoms with E-state index in [9.17, 15) is 4.79 Å². The molecule has 2 atom stereocenters. The van der Waals surface area contributed by atoms with Crippen LogP contribution < -0.4 is 5.32 Å². The highest BCUT2D eigenvalue weighted by atomic mass is 16.2. The molecule has 0 aromatic heterocycles. The van der Waals surface area contributed by atoms with E-state index in [4.69, 9.17) is 0 Å². The number of piperidine rings is 1. The van der Waals surface area contributed by atoms with Crippen LogP contribution in [0.25, 0.3) is 0 Å². The Kier molecular flexibility index (Phi) is 4.51. The molecule has 1 spiro atoms. The first kappa shape index (κ1) is 14.8. The first-order chi connectivity index (χ1) is 9.00. The zero-order valence-corrected chi connectivity index (χ0v) is 12.9. The second kappa shape index (κ2) is 5.80. The molecule has 110 valence electrons. The number of hydrogen-bond acceptors (Lipinski definition) is 3. The molecule has 2 aliphatic rings. The van der Waals surface area contributed by atoms with Gasteiger partial charge < -0.3 is 15.1 Å². The van der Waals surface area contributed by atoms with Gasteiger partial charge in [-0.25, -0.2) is 0 Å². The number of carbonyl (C=O) groups is 1. The summed E-state index contributed by atoms with van der Waals surface area (Å²) in [5.74, 6) is 0.706. The number of amides is 1. The van der Waals surface area contributed by atoms with Crippen molar-refractivity contribution in [3.05, 3.63) is 0 Å². The molecule has 19 heavy (non-hydrogen) atoms. The zero-order valence-electron chi connectivity index (χ0n) is 12.9. The molecule has 2 fully saturated rings. The first-order valence-electron chi connectivity index (χ1n) is 7.66. The number of hydrogen-bond donors (Lipinski definition) is 1. The zero-order chi connectivity index (χ0) is 14.0. The van der Waals surface area contributed by atoms with Gasteiger partial charge in [-0.1, -0.05) is 0 Å². The third-order valence-electron chi connectivity index (χ3n) is 4.87. The number of nitrogens with zero attached hydrogens (tertiary/aromatic N) is 2. The van der Waals surface area contributed by atoms with E-state index in [0.717, 1.165) is 32.6 Å². The molecule has 0 bridgehead atoms. The quantitative estimate of drug-likeness (QED) is 0.812. The van der Waals surface area contributed by atoms with Crippen molar-refractivity contribution in [3.8, 4) is 0 Å². The second-order valence-electron chi connectivity index (χ2n) is 6.60. The Labute approximate surface area is 117 Å². The Hall–Kier alpha value is -0.610. The summed E-state index contributed by atoms with van der Waals surface area (Å²) in [5.41, 5.74) is 0.355. The van der Waals surface area contributed by atoms with Crippen LogP contribution in [0.4, 0.5) is 0 Å². The van der Waals surface area contributed by atoms with Crippen LogP contribution in [-0.4, -0.2) is 62.0 Å². The molecule has 0 aromatic carbocycles. The maximum Gasteiger partial charge on any atom is 0.226 e. The highest BCUT2D eigenvalue weighted by Gasteiger charge is 2.58. The monoisotopic (exact) mass is 267 g/mol. The fraction of sp³-hybridized carbons (Fsp3) is 0.933. The lowest BCUT2D eigenvalue weighted by molar-refractivity contribution is -0.135. The molecule has 1 aliphatic carbocycles. The number of likely N-dealkylation sites (N-methyl/N-ethyl adjacent to an activating group) is 2. The summed E-state index contributed by atoms with van der Waals surface area (Å²) in [6, 6.07) is 0.312. The minimum Gasteiger partial charge on any atom is -0.339 e. The fourth-order valence-electron chi connectivity index (χ4n) is 3.69. The van der Waals surface area contributed by atoms with Gasteiger partial charge in [0.05, 0.1) is 0 Å². The SMILES string of the molecule is CCN(C(=O)C1CC12CCNCC2)C(C)CN(C)C. The van der Waals surface area contributed by atoms with Crippen molar-refractivity contribution >= 4 is 5.91 Å². The van der Waals surface area contributed by atoms with Gasteiger partial charge in [-0.15, -0.1) is 0 Å². The minimum atomic E-state index is 0.305. The summed E-state index contributed by atoms with van der Waals surface area (Å²) in [7, 11) is 4.14. The lowest BCUT2D eigenvalue weighted by Crippen LogP contribution is -2.45. The molecule has 4 heteroatoms. The molecule has 1 heterocycles. The van der Waals surface area contributed by atoms with Crippen LogP contribution in [0.3, 0.4) is 0 Å². The van der Waals surface area contributed by atoms with Crippen molar-refractivity contribution in [3.63, 3.8) is 0 Å². The molecule has 1 N–H and O–H groups in total. The summed E-state index contributed by atoms with van der Waals surface area (Å²) in [6.45, 7) is 8.21. The van der Waals surface area contributed by atoms with Crippen LogP contribution >= 0.6 is 0 Å². The number of carbonyl (C=O) groups excluding carboxylic acids is 1. The van der Waals surface area contributed by atoms with Crippen LogP contribution in [0.5, 0.6) is 0 Å². The lowest BCUT2D eigenvalue weighted by atomic mass is 9.91. The smallest absolute Gasteiger partial charge is 0.226 e. The van der Waals surface area contributed by atoms with Crippen LogP contribution in [0, 0.1) is 11.3 Å². The summed E-state index contributed by atoms with van der Waals surface area (Å²) in [4.78, 5) is 17.0. The van der Waals surface area contributed by atoms with E-state index in [1.54, 1.807) is 0 Å². The Balaban J connectivity index is 1.94. The summed E-state index contributed by atoms with van der Waals surface area (Å²) in [5, 5.41) is 3.40. The minimum absolute atomic E-state index is 0.305. The van der Waals surface area contributed by atoms with Crippen molar-refractivity contribution in [2.75, 3.05) is 40.3 Å².